The van der Waals surface area contributed by atoms with E-state index in [-0.39, 0.29) is 23.2 Å². The SMILES string of the molecule is CC(C)CN(CC(N)=O)C(=O)c1cc(F)cnc1Cl. The number of nitrogens with two attached hydrogens (primary N) is 1. The number of nitrogens with zero attached hydrogens (tertiary/aromatic N) is 2. The first-order valence-electron chi connectivity index (χ1n) is 5.70. The number of aromatic nitrogens is 1. The third-order valence-corrected chi connectivity index (χ3v) is 2.56. The van der Waals surface area contributed by atoms with Crippen molar-refractivity contribution in [1.82, 2.24) is 9.88 Å². The van der Waals surface area contributed by atoms with E-state index in [9.17, 15) is 14.0 Å². The number of rotatable bonds is 5. The second-order valence-corrected chi connectivity index (χ2v) is 4.90. The first kappa shape index (κ1) is 15.4. The van der Waals surface area contributed by atoms with E-state index in [0.717, 1.165) is 12.3 Å². The molecule has 0 aliphatic rings. The Morgan fingerprint density at radius 2 is 2.16 bits per heavy atom. The topological polar surface area (TPSA) is 76.3 Å². The Morgan fingerprint density at radius 1 is 1.53 bits per heavy atom. The zero-order valence-electron chi connectivity index (χ0n) is 10.7. The summed E-state index contributed by atoms with van der Waals surface area (Å²) in [6.07, 6.45) is 0.917. The first-order valence-corrected chi connectivity index (χ1v) is 6.07. The second kappa shape index (κ2) is 6.47. The van der Waals surface area contributed by atoms with Gasteiger partial charge in [0.25, 0.3) is 5.91 Å². The van der Waals surface area contributed by atoms with Crippen molar-refractivity contribution in [3.05, 3.63) is 28.8 Å². The molecule has 0 aliphatic carbocycles. The van der Waals surface area contributed by atoms with Crippen molar-refractivity contribution in [2.75, 3.05) is 13.1 Å². The van der Waals surface area contributed by atoms with Crippen LogP contribution in [-0.4, -0.2) is 34.8 Å². The Labute approximate surface area is 115 Å². The highest BCUT2D eigenvalue weighted by atomic mass is 35.5. The van der Waals surface area contributed by atoms with Gasteiger partial charge in [0.15, 0.2) is 0 Å². The van der Waals surface area contributed by atoms with E-state index < -0.39 is 17.6 Å². The lowest BCUT2D eigenvalue weighted by Gasteiger charge is -2.23. The Morgan fingerprint density at radius 3 is 2.68 bits per heavy atom. The van der Waals surface area contributed by atoms with E-state index >= 15 is 0 Å². The van der Waals surface area contributed by atoms with E-state index in [1.54, 1.807) is 0 Å². The zero-order chi connectivity index (χ0) is 14.6. The molecule has 0 unspecified atom stereocenters. The van der Waals surface area contributed by atoms with E-state index in [0.29, 0.717) is 6.54 Å². The summed E-state index contributed by atoms with van der Waals surface area (Å²) in [6, 6.07) is 0.992. The summed E-state index contributed by atoms with van der Waals surface area (Å²) < 4.78 is 13.1. The standard InChI is InChI=1S/C12H15ClFN3O2/c1-7(2)5-17(6-10(15)18)12(19)9-3-8(14)4-16-11(9)13/h3-4,7H,5-6H2,1-2H3,(H2,15,18). The lowest BCUT2D eigenvalue weighted by Crippen LogP contribution is -2.40. The number of carbonyl (C=O) groups excluding carboxylic acids is 2. The van der Waals surface area contributed by atoms with Crippen molar-refractivity contribution in [3.8, 4) is 0 Å². The van der Waals surface area contributed by atoms with Gasteiger partial charge in [-0.3, -0.25) is 9.59 Å². The molecule has 0 radical (unpaired) electrons. The molecule has 0 saturated heterocycles. The van der Waals surface area contributed by atoms with Crippen LogP contribution in [0, 0.1) is 11.7 Å². The molecule has 0 atom stereocenters. The van der Waals surface area contributed by atoms with E-state index in [1.165, 1.54) is 4.90 Å². The molecule has 2 amide bonds. The Balaban J connectivity index is 3.03. The van der Waals surface area contributed by atoms with Crippen LogP contribution >= 0.6 is 11.6 Å². The molecule has 1 rings (SSSR count). The van der Waals surface area contributed by atoms with Gasteiger partial charge >= 0.3 is 0 Å². The van der Waals surface area contributed by atoms with Crippen LogP contribution in [0.4, 0.5) is 4.39 Å². The predicted octanol–water partition coefficient (Wildman–Crippen LogP) is 1.46. The number of pyridine rings is 1. The highest BCUT2D eigenvalue weighted by Crippen LogP contribution is 2.16. The molecule has 0 aromatic carbocycles. The van der Waals surface area contributed by atoms with Crippen LogP contribution < -0.4 is 5.73 Å². The molecule has 104 valence electrons. The van der Waals surface area contributed by atoms with Crippen LogP contribution in [0.1, 0.15) is 24.2 Å². The molecule has 19 heavy (non-hydrogen) atoms. The van der Waals surface area contributed by atoms with Crippen LogP contribution in [0.15, 0.2) is 12.3 Å². The summed E-state index contributed by atoms with van der Waals surface area (Å²) in [6.45, 7) is 3.83. The number of halogens is 2. The molecular formula is C12H15ClFN3O2. The normalized spacial score (nSPS) is 10.6. The minimum Gasteiger partial charge on any atom is -0.368 e. The van der Waals surface area contributed by atoms with Gasteiger partial charge in [0.05, 0.1) is 18.3 Å². The summed E-state index contributed by atoms with van der Waals surface area (Å²) in [4.78, 5) is 28.0. The molecule has 5 nitrogen and oxygen atoms in total. The van der Waals surface area contributed by atoms with Gasteiger partial charge in [-0.15, -0.1) is 0 Å². The number of carbonyl (C=O) groups is 2. The average molecular weight is 288 g/mol. The van der Waals surface area contributed by atoms with Crippen LogP contribution in [0.5, 0.6) is 0 Å². The van der Waals surface area contributed by atoms with Crippen molar-refractivity contribution in [1.29, 1.82) is 0 Å². The number of amides is 2. The monoisotopic (exact) mass is 287 g/mol. The molecule has 1 aromatic heterocycles. The van der Waals surface area contributed by atoms with Gasteiger partial charge in [-0.1, -0.05) is 25.4 Å². The fourth-order valence-corrected chi connectivity index (χ4v) is 1.78. The Hall–Kier alpha value is -1.69. The van der Waals surface area contributed by atoms with Gasteiger partial charge < -0.3 is 10.6 Å². The molecule has 1 aromatic rings. The lowest BCUT2D eigenvalue weighted by molar-refractivity contribution is -0.118. The molecule has 0 spiro atoms. The van der Waals surface area contributed by atoms with E-state index in [4.69, 9.17) is 17.3 Å². The highest BCUT2D eigenvalue weighted by molar-refractivity contribution is 6.32. The van der Waals surface area contributed by atoms with Gasteiger partial charge in [-0.25, -0.2) is 9.37 Å². The second-order valence-electron chi connectivity index (χ2n) is 4.54. The molecule has 0 aliphatic heterocycles. The molecule has 2 N–H and O–H groups in total. The first-order chi connectivity index (χ1) is 8.81. The summed E-state index contributed by atoms with van der Waals surface area (Å²) in [5, 5.41) is -0.107. The molecule has 0 saturated carbocycles. The van der Waals surface area contributed by atoms with Gasteiger partial charge in [-0.2, -0.15) is 0 Å². The van der Waals surface area contributed by atoms with E-state index in [2.05, 4.69) is 4.98 Å². The quantitative estimate of drug-likeness (QED) is 0.833. The molecular weight excluding hydrogens is 273 g/mol. The highest BCUT2D eigenvalue weighted by Gasteiger charge is 2.22. The predicted molar refractivity (Wildman–Crippen MR) is 69.1 cm³/mol. The van der Waals surface area contributed by atoms with Gasteiger partial charge in [0.1, 0.15) is 11.0 Å². The van der Waals surface area contributed by atoms with Gasteiger partial charge in [0.2, 0.25) is 5.91 Å². The Bertz CT molecular complexity index is 494. The van der Waals surface area contributed by atoms with Crippen molar-refractivity contribution >= 4 is 23.4 Å². The summed E-state index contributed by atoms with van der Waals surface area (Å²) in [7, 11) is 0. The largest absolute Gasteiger partial charge is 0.368 e. The third-order valence-electron chi connectivity index (χ3n) is 2.26. The fourth-order valence-electron chi connectivity index (χ4n) is 1.59. The van der Waals surface area contributed by atoms with Crippen LogP contribution in [-0.2, 0) is 4.79 Å². The van der Waals surface area contributed by atoms with Crippen LogP contribution in [0.3, 0.4) is 0 Å². The average Bonchev–Trinajstić information content (AvgIpc) is 2.29. The number of hydrogen-bond acceptors (Lipinski definition) is 3. The lowest BCUT2D eigenvalue weighted by atomic mass is 10.1. The van der Waals surface area contributed by atoms with Crippen molar-refractivity contribution in [3.63, 3.8) is 0 Å². The van der Waals surface area contributed by atoms with Gasteiger partial charge in [-0.05, 0) is 12.0 Å². The van der Waals surface area contributed by atoms with Crippen molar-refractivity contribution in [2.45, 2.75) is 13.8 Å². The van der Waals surface area contributed by atoms with Crippen LogP contribution in [0.2, 0.25) is 5.15 Å². The maximum Gasteiger partial charge on any atom is 0.257 e. The summed E-state index contributed by atoms with van der Waals surface area (Å²) >= 11 is 5.77. The van der Waals surface area contributed by atoms with Crippen molar-refractivity contribution < 1.29 is 14.0 Å². The molecule has 7 heteroatoms. The number of primary amides is 1. The Kier molecular flexibility index (Phi) is 5.23. The van der Waals surface area contributed by atoms with E-state index in [1.807, 2.05) is 13.8 Å². The summed E-state index contributed by atoms with van der Waals surface area (Å²) in [5.41, 5.74) is 5.02. The third kappa shape index (κ3) is 4.48. The zero-order valence-corrected chi connectivity index (χ0v) is 11.4. The number of hydrogen-bond donors (Lipinski definition) is 1. The minimum absolute atomic E-state index is 0.0800. The fraction of sp³-hybridized carbons (Fsp3) is 0.417. The smallest absolute Gasteiger partial charge is 0.257 e. The van der Waals surface area contributed by atoms with Gasteiger partial charge in [0, 0.05) is 6.54 Å². The maximum atomic E-state index is 13.1. The van der Waals surface area contributed by atoms with Crippen molar-refractivity contribution in [2.24, 2.45) is 11.7 Å². The van der Waals surface area contributed by atoms with Crippen LogP contribution in [0.25, 0.3) is 0 Å². The molecule has 0 fully saturated rings. The molecule has 1 heterocycles. The molecule has 0 bridgehead atoms. The maximum absolute atomic E-state index is 13.1. The summed E-state index contributed by atoms with van der Waals surface area (Å²) in [5.74, 6) is -1.75. The minimum atomic E-state index is -0.670.